The van der Waals surface area contributed by atoms with E-state index in [-0.39, 0.29) is 23.9 Å². The Morgan fingerprint density at radius 1 is 1.10 bits per heavy atom. The lowest BCUT2D eigenvalue weighted by molar-refractivity contribution is -0.129. The topological polar surface area (TPSA) is 83.5 Å². The minimum absolute atomic E-state index is 0.0354. The molecule has 4 rings (SSSR count). The normalized spacial score (nSPS) is 15.3. The van der Waals surface area contributed by atoms with Gasteiger partial charge in [-0.2, -0.15) is 4.31 Å². The van der Waals surface area contributed by atoms with Crippen LogP contribution in [0, 0.1) is 6.92 Å². The van der Waals surface area contributed by atoms with Crippen LogP contribution in [-0.4, -0.2) is 65.4 Å². The monoisotopic (exact) mass is 456 g/mol. The molecule has 0 saturated carbocycles. The Morgan fingerprint density at radius 3 is 2.65 bits per heavy atom. The highest BCUT2D eigenvalue weighted by Gasteiger charge is 2.31. The summed E-state index contributed by atoms with van der Waals surface area (Å²) in [5, 5.41) is 0.806. The lowest BCUT2D eigenvalue weighted by atomic mass is 10.2. The first-order chi connectivity index (χ1) is 14.9. The number of fused-ring (bicyclic) bond motifs is 1. The number of sulfonamides is 1. The number of hydrogen-bond acceptors (Lipinski definition) is 6. The molecule has 1 aliphatic heterocycles. The maximum absolute atomic E-state index is 13.3. The number of pyridine rings is 2. The number of benzene rings is 1. The standard InChI is InChI=1S/C22H24N4O3S2/c1-17-12-19-5-2-6-20(22(19)24-13-17)31(28,29)26-10-8-25(9-11-26)21(27)16-30-15-18-4-3-7-23-14-18/h2-7,12-14H,8-11,15-16H2,1H3. The molecule has 2 aromatic heterocycles. The zero-order valence-electron chi connectivity index (χ0n) is 17.3. The van der Waals surface area contributed by atoms with E-state index in [0.717, 1.165) is 22.3 Å². The van der Waals surface area contributed by atoms with Crippen LogP contribution < -0.4 is 0 Å². The summed E-state index contributed by atoms with van der Waals surface area (Å²) in [4.78, 5) is 22.9. The molecular weight excluding hydrogens is 432 g/mol. The van der Waals surface area contributed by atoms with Crippen molar-refractivity contribution in [3.8, 4) is 0 Å². The zero-order chi connectivity index (χ0) is 21.8. The summed E-state index contributed by atoms with van der Waals surface area (Å²) in [5.41, 5.74) is 2.55. The molecule has 1 aliphatic rings. The van der Waals surface area contributed by atoms with Crippen molar-refractivity contribution >= 4 is 38.6 Å². The van der Waals surface area contributed by atoms with Crippen molar-refractivity contribution < 1.29 is 13.2 Å². The summed E-state index contributed by atoms with van der Waals surface area (Å²) in [5.74, 6) is 1.13. The van der Waals surface area contributed by atoms with Crippen LogP contribution in [0.15, 0.2) is 59.9 Å². The molecule has 1 saturated heterocycles. The fourth-order valence-electron chi connectivity index (χ4n) is 3.60. The van der Waals surface area contributed by atoms with Gasteiger partial charge in [-0.1, -0.05) is 18.2 Å². The quantitative estimate of drug-likeness (QED) is 0.567. The van der Waals surface area contributed by atoms with Gasteiger partial charge >= 0.3 is 0 Å². The zero-order valence-corrected chi connectivity index (χ0v) is 18.9. The van der Waals surface area contributed by atoms with E-state index in [9.17, 15) is 13.2 Å². The van der Waals surface area contributed by atoms with Crippen molar-refractivity contribution in [2.24, 2.45) is 0 Å². The van der Waals surface area contributed by atoms with Crippen molar-refractivity contribution in [1.29, 1.82) is 0 Å². The molecule has 1 amide bonds. The van der Waals surface area contributed by atoms with E-state index in [4.69, 9.17) is 0 Å². The van der Waals surface area contributed by atoms with Crippen molar-refractivity contribution in [3.63, 3.8) is 0 Å². The van der Waals surface area contributed by atoms with E-state index in [2.05, 4.69) is 9.97 Å². The summed E-state index contributed by atoms with van der Waals surface area (Å²) >= 11 is 1.54. The third-order valence-electron chi connectivity index (χ3n) is 5.24. The Labute approximate surface area is 186 Å². The number of para-hydroxylation sites is 1. The molecule has 1 aromatic carbocycles. The molecule has 162 valence electrons. The average Bonchev–Trinajstić information content (AvgIpc) is 2.79. The minimum Gasteiger partial charge on any atom is -0.339 e. The van der Waals surface area contributed by atoms with Crippen LogP contribution in [-0.2, 0) is 20.6 Å². The van der Waals surface area contributed by atoms with Crippen LogP contribution in [0.4, 0.5) is 0 Å². The van der Waals surface area contributed by atoms with E-state index in [1.807, 2.05) is 31.2 Å². The maximum atomic E-state index is 13.3. The van der Waals surface area contributed by atoms with Crippen molar-refractivity contribution in [2.75, 3.05) is 31.9 Å². The van der Waals surface area contributed by atoms with Gasteiger partial charge in [0.25, 0.3) is 0 Å². The van der Waals surface area contributed by atoms with Gasteiger partial charge in [0, 0.05) is 55.9 Å². The van der Waals surface area contributed by atoms with Crippen LogP contribution in [0.2, 0.25) is 0 Å². The number of carbonyl (C=O) groups excluding carboxylic acids is 1. The summed E-state index contributed by atoms with van der Waals surface area (Å²) < 4.78 is 28.0. The Morgan fingerprint density at radius 2 is 1.90 bits per heavy atom. The third kappa shape index (κ3) is 4.89. The molecule has 0 atom stereocenters. The smallest absolute Gasteiger partial charge is 0.245 e. The number of nitrogens with zero attached hydrogens (tertiary/aromatic N) is 4. The number of amides is 1. The van der Waals surface area contributed by atoms with Gasteiger partial charge in [-0.15, -0.1) is 11.8 Å². The number of carbonyl (C=O) groups is 1. The number of piperazine rings is 1. The van der Waals surface area contributed by atoms with Crippen molar-refractivity contribution in [3.05, 3.63) is 66.1 Å². The Hall–Kier alpha value is -2.49. The fraction of sp³-hybridized carbons (Fsp3) is 0.318. The first-order valence-corrected chi connectivity index (χ1v) is 12.6. The highest BCUT2D eigenvalue weighted by molar-refractivity contribution is 7.99. The summed E-state index contributed by atoms with van der Waals surface area (Å²) in [6.07, 6.45) is 5.20. The van der Waals surface area contributed by atoms with Gasteiger partial charge in [0.05, 0.1) is 11.3 Å². The van der Waals surface area contributed by atoms with Crippen LogP contribution in [0.25, 0.3) is 10.9 Å². The molecule has 3 heterocycles. The number of aromatic nitrogens is 2. The van der Waals surface area contributed by atoms with Gasteiger partial charge in [0.15, 0.2) is 0 Å². The van der Waals surface area contributed by atoms with Gasteiger partial charge in [-0.25, -0.2) is 8.42 Å². The second-order valence-corrected chi connectivity index (χ2v) is 10.4. The fourth-order valence-corrected chi connectivity index (χ4v) is 6.05. The van der Waals surface area contributed by atoms with Gasteiger partial charge in [0.1, 0.15) is 4.90 Å². The van der Waals surface area contributed by atoms with Gasteiger partial charge in [0.2, 0.25) is 15.9 Å². The van der Waals surface area contributed by atoms with Crippen LogP contribution >= 0.6 is 11.8 Å². The van der Waals surface area contributed by atoms with Crippen LogP contribution in [0.5, 0.6) is 0 Å². The average molecular weight is 457 g/mol. The lowest BCUT2D eigenvalue weighted by Gasteiger charge is -2.34. The van der Waals surface area contributed by atoms with E-state index in [1.54, 1.807) is 47.4 Å². The molecule has 0 radical (unpaired) electrons. The number of rotatable bonds is 6. The highest BCUT2D eigenvalue weighted by atomic mass is 32.2. The maximum Gasteiger partial charge on any atom is 0.245 e. The molecule has 0 bridgehead atoms. The van der Waals surface area contributed by atoms with E-state index >= 15 is 0 Å². The third-order valence-corrected chi connectivity index (χ3v) is 8.16. The Bertz CT molecular complexity index is 1180. The molecule has 0 unspecified atom stereocenters. The largest absolute Gasteiger partial charge is 0.339 e. The SMILES string of the molecule is Cc1cnc2c(S(=O)(=O)N3CCN(C(=O)CSCc4cccnc4)CC3)cccc2c1. The van der Waals surface area contributed by atoms with E-state index in [1.165, 1.54) is 4.31 Å². The summed E-state index contributed by atoms with van der Waals surface area (Å²) in [6.45, 7) is 3.28. The van der Waals surface area contributed by atoms with Crippen LogP contribution in [0.1, 0.15) is 11.1 Å². The molecule has 9 heteroatoms. The molecule has 3 aromatic rings. The molecule has 31 heavy (non-hydrogen) atoms. The van der Waals surface area contributed by atoms with Crippen LogP contribution in [0.3, 0.4) is 0 Å². The van der Waals surface area contributed by atoms with Crippen molar-refractivity contribution in [2.45, 2.75) is 17.6 Å². The predicted octanol–water partition coefficient (Wildman–Crippen LogP) is 2.70. The van der Waals surface area contributed by atoms with Gasteiger partial charge in [-0.05, 0) is 36.2 Å². The molecule has 0 spiro atoms. The summed E-state index contributed by atoms with van der Waals surface area (Å²) in [7, 11) is -3.68. The number of thioether (sulfide) groups is 1. The lowest BCUT2D eigenvalue weighted by Crippen LogP contribution is -2.51. The second kappa shape index (κ2) is 9.33. The molecular formula is C22H24N4O3S2. The number of aryl methyl sites for hydroxylation is 1. The van der Waals surface area contributed by atoms with Crippen molar-refractivity contribution in [1.82, 2.24) is 19.2 Å². The minimum atomic E-state index is -3.68. The second-order valence-electron chi connectivity index (χ2n) is 7.48. The predicted molar refractivity (Wildman–Crippen MR) is 122 cm³/mol. The Balaban J connectivity index is 1.37. The first-order valence-electron chi connectivity index (χ1n) is 10.0. The van der Waals surface area contributed by atoms with Gasteiger partial charge < -0.3 is 4.90 Å². The molecule has 0 aliphatic carbocycles. The van der Waals surface area contributed by atoms with E-state index in [0.29, 0.717) is 24.4 Å². The Kier molecular flexibility index (Phi) is 6.54. The highest BCUT2D eigenvalue weighted by Crippen LogP contribution is 2.25. The van der Waals surface area contributed by atoms with Gasteiger partial charge in [-0.3, -0.25) is 14.8 Å². The summed E-state index contributed by atoms with van der Waals surface area (Å²) in [6, 6.07) is 11.0. The molecule has 7 nitrogen and oxygen atoms in total. The number of hydrogen-bond donors (Lipinski definition) is 0. The molecule has 0 N–H and O–H groups in total. The first kappa shape index (κ1) is 21.7. The molecule has 1 fully saturated rings. The van der Waals surface area contributed by atoms with E-state index < -0.39 is 10.0 Å².